The van der Waals surface area contributed by atoms with Crippen LogP contribution in [0.2, 0.25) is 0 Å². The van der Waals surface area contributed by atoms with E-state index >= 15 is 0 Å². The SMILES string of the molecule is CCNC(=NCCS(N)(=O)=O)N1CCCC2(CCCCCC2)C1. The summed E-state index contributed by atoms with van der Waals surface area (Å²) in [5, 5.41) is 8.39. The maximum atomic E-state index is 11.1. The maximum absolute atomic E-state index is 11.1. The molecule has 0 aromatic rings. The van der Waals surface area contributed by atoms with E-state index in [0.717, 1.165) is 25.6 Å². The summed E-state index contributed by atoms with van der Waals surface area (Å²) in [6.07, 6.45) is 10.6. The molecule has 1 heterocycles. The lowest BCUT2D eigenvalue weighted by Crippen LogP contribution is -2.50. The van der Waals surface area contributed by atoms with E-state index in [0.29, 0.717) is 5.41 Å². The summed E-state index contributed by atoms with van der Waals surface area (Å²) in [5.74, 6) is 0.750. The fraction of sp³-hybridized carbons (Fsp3) is 0.938. The molecule has 1 saturated carbocycles. The lowest BCUT2D eigenvalue weighted by molar-refractivity contribution is 0.115. The molecule has 0 amide bonds. The Bertz CT molecular complexity index is 496. The van der Waals surface area contributed by atoms with Crippen molar-refractivity contribution in [3.8, 4) is 0 Å². The minimum absolute atomic E-state index is 0.0964. The van der Waals surface area contributed by atoms with Crippen molar-refractivity contribution in [2.24, 2.45) is 15.5 Å². The molecule has 1 saturated heterocycles. The largest absolute Gasteiger partial charge is 0.357 e. The van der Waals surface area contributed by atoms with Crippen molar-refractivity contribution in [1.82, 2.24) is 10.2 Å². The van der Waals surface area contributed by atoms with Crippen LogP contribution in [0.1, 0.15) is 58.3 Å². The molecule has 23 heavy (non-hydrogen) atoms. The fourth-order valence-corrected chi connectivity index (χ4v) is 4.33. The second kappa shape index (κ2) is 8.33. The molecule has 0 unspecified atom stereocenters. The van der Waals surface area contributed by atoms with Gasteiger partial charge in [0.2, 0.25) is 10.0 Å². The first kappa shape index (κ1) is 18.5. The highest BCUT2D eigenvalue weighted by atomic mass is 32.2. The van der Waals surface area contributed by atoms with Crippen LogP contribution in [-0.4, -0.2) is 51.2 Å². The standard InChI is InChI=1S/C16H32N4O2S/c1-2-18-15(19-11-13-23(17,21)22)20-12-7-10-16(14-20)8-5-3-4-6-9-16/h2-14H2,1H3,(H,18,19)(H2,17,21,22). The van der Waals surface area contributed by atoms with Crippen LogP contribution >= 0.6 is 0 Å². The van der Waals surface area contributed by atoms with Crippen molar-refractivity contribution in [2.45, 2.75) is 58.3 Å². The summed E-state index contributed by atoms with van der Waals surface area (Å²) in [6, 6.07) is 0. The van der Waals surface area contributed by atoms with Crippen molar-refractivity contribution < 1.29 is 8.42 Å². The molecule has 0 aromatic carbocycles. The summed E-state index contributed by atoms with van der Waals surface area (Å²) in [4.78, 5) is 6.83. The van der Waals surface area contributed by atoms with Gasteiger partial charge in [-0.05, 0) is 38.0 Å². The molecule has 2 rings (SSSR count). The monoisotopic (exact) mass is 344 g/mol. The zero-order chi connectivity index (χ0) is 16.8. The molecule has 3 N–H and O–H groups in total. The van der Waals surface area contributed by atoms with E-state index in [1.165, 1.54) is 51.4 Å². The van der Waals surface area contributed by atoms with Gasteiger partial charge in [0.15, 0.2) is 5.96 Å². The molecule has 0 atom stereocenters. The van der Waals surface area contributed by atoms with Gasteiger partial charge in [0.1, 0.15) is 0 Å². The van der Waals surface area contributed by atoms with Gasteiger partial charge in [0, 0.05) is 19.6 Å². The first-order valence-electron chi connectivity index (χ1n) is 8.98. The van der Waals surface area contributed by atoms with Crippen LogP contribution in [0.3, 0.4) is 0 Å². The summed E-state index contributed by atoms with van der Waals surface area (Å²) < 4.78 is 22.2. The van der Waals surface area contributed by atoms with E-state index < -0.39 is 10.0 Å². The molecule has 2 fully saturated rings. The number of nitrogens with two attached hydrogens (primary N) is 1. The summed E-state index contributed by atoms with van der Waals surface area (Å²) in [6.45, 7) is 5.11. The van der Waals surface area contributed by atoms with Crippen molar-refractivity contribution in [1.29, 1.82) is 0 Å². The summed E-state index contributed by atoms with van der Waals surface area (Å²) >= 11 is 0. The second-order valence-electron chi connectivity index (χ2n) is 7.04. The number of nitrogens with one attached hydrogen (secondary N) is 1. The normalized spacial score (nSPS) is 22.9. The molecule has 0 bridgehead atoms. The Morgan fingerprint density at radius 3 is 2.43 bits per heavy atom. The number of aliphatic imine (C=N–C) groups is 1. The lowest BCUT2D eigenvalue weighted by Gasteiger charge is -2.44. The molecule has 7 heteroatoms. The number of primary sulfonamides is 1. The number of piperidine rings is 1. The Morgan fingerprint density at radius 2 is 1.83 bits per heavy atom. The zero-order valence-corrected chi connectivity index (χ0v) is 15.2. The smallest absolute Gasteiger partial charge is 0.210 e. The molecular formula is C16H32N4O2S. The van der Waals surface area contributed by atoms with Gasteiger partial charge < -0.3 is 10.2 Å². The van der Waals surface area contributed by atoms with Crippen LogP contribution < -0.4 is 10.5 Å². The van der Waals surface area contributed by atoms with Crippen LogP contribution in [0, 0.1) is 5.41 Å². The van der Waals surface area contributed by atoms with Gasteiger partial charge in [-0.1, -0.05) is 25.7 Å². The maximum Gasteiger partial charge on any atom is 0.210 e. The molecule has 1 spiro atoms. The molecule has 134 valence electrons. The summed E-state index contributed by atoms with van der Waals surface area (Å²) in [7, 11) is -3.45. The van der Waals surface area contributed by atoms with Crippen molar-refractivity contribution >= 4 is 16.0 Å². The third-order valence-electron chi connectivity index (χ3n) is 5.10. The van der Waals surface area contributed by atoms with E-state index in [9.17, 15) is 8.42 Å². The van der Waals surface area contributed by atoms with Crippen molar-refractivity contribution in [2.75, 3.05) is 31.9 Å². The topological polar surface area (TPSA) is 87.8 Å². The van der Waals surface area contributed by atoms with Gasteiger partial charge >= 0.3 is 0 Å². The fourth-order valence-electron chi connectivity index (χ4n) is 3.98. The zero-order valence-electron chi connectivity index (χ0n) is 14.4. The highest BCUT2D eigenvalue weighted by molar-refractivity contribution is 7.89. The van der Waals surface area contributed by atoms with Crippen LogP contribution in [0.4, 0.5) is 0 Å². The van der Waals surface area contributed by atoms with E-state index in [1.54, 1.807) is 0 Å². The Labute approximate surface area is 141 Å². The van der Waals surface area contributed by atoms with Gasteiger partial charge in [0.05, 0.1) is 12.3 Å². The first-order valence-corrected chi connectivity index (χ1v) is 10.7. The van der Waals surface area contributed by atoms with Crippen molar-refractivity contribution in [3.05, 3.63) is 0 Å². The molecule has 1 aliphatic carbocycles. The van der Waals surface area contributed by atoms with Crippen LogP contribution in [0.15, 0.2) is 4.99 Å². The number of hydrogen-bond acceptors (Lipinski definition) is 3. The van der Waals surface area contributed by atoms with Gasteiger partial charge in [-0.3, -0.25) is 4.99 Å². The third-order valence-corrected chi connectivity index (χ3v) is 5.85. The van der Waals surface area contributed by atoms with Crippen molar-refractivity contribution in [3.63, 3.8) is 0 Å². The van der Waals surface area contributed by atoms with Gasteiger partial charge in [-0.25, -0.2) is 13.6 Å². The molecular weight excluding hydrogens is 312 g/mol. The predicted octanol–water partition coefficient (Wildman–Crippen LogP) is 1.68. The molecule has 1 aliphatic heterocycles. The highest BCUT2D eigenvalue weighted by Gasteiger charge is 2.36. The van der Waals surface area contributed by atoms with Gasteiger partial charge in [-0.2, -0.15) is 0 Å². The number of hydrogen-bond donors (Lipinski definition) is 2. The average molecular weight is 345 g/mol. The molecule has 0 aromatic heterocycles. The van der Waals surface area contributed by atoms with Gasteiger partial charge in [-0.15, -0.1) is 0 Å². The Balaban J connectivity index is 2.04. The Hall–Kier alpha value is -0.820. The lowest BCUT2D eigenvalue weighted by atomic mass is 9.74. The Morgan fingerprint density at radius 1 is 1.17 bits per heavy atom. The first-order chi connectivity index (χ1) is 10.9. The number of guanidine groups is 1. The van der Waals surface area contributed by atoms with Gasteiger partial charge in [0.25, 0.3) is 0 Å². The number of sulfonamides is 1. The van der Waals surface area contributed by atoms with Crippen LogP contribution in [0.25, 0.3) is 0 Å². The van der Waals surface area contributed by atoms with E-state index in [1.807, 2.05) is 6.92 Å². The number of likely N-dealkylation sites (tertiary alicyclic amines) is 1. The second-order valence-corrected chi connectivity index (χ2v) is 8.78. The Kier molecular flexibility index (Phi) is 6.71. The minimum atomic E-state index is -3.45. The van der Waals surface area contributed by atoms with E-state index in [-0.39, 0.29) is 12.3 Å². The molecule has 6 nitrogen and oxygen atoms in total. The summed E-state index contributed by atoms with van der Waals surface area (Å²) in [5.41, 5.74) is 0.435. The quantitative estimate of drug-likeness (QED) is 0.600. The van der Waals surface area contributed by atoms with Crippen LogP contribution in [0.5, 0.6) is 0 Å². The molecule has 0 radical (unpaired) electrons. The predicted molar refractivity (Wildman–Crippen MR) is 94.9 cm³/mol. The van der Waals surface area contributed by atoms with E-state index in [4.69, 9.17) is 5.14 Å². The van der Waals surface area contributed by atoms with E-state index in [2.05, 4.69) is 15.2 Å². The number of nitrogens with zero attached hydrogens (tertiary/aromatic N) is 2. The molecule has 2 aliphatic rings. The number of rotatable bonds is 4. The average Bonchev–Trinajstić information content (AvgIpc) is 2.71. The highest BCUT2D eigenvalue weighted by Crippen LogP contribution is 2.42. The van der Waals surface area contributed by atoms with Crippen LogP contribution in [-0.2, 0) is 10.0 Å². The minimum Gasteiger partial charge on any atom is -0.357 e. The third kappa shape index (κ3) is 5.95.